The lowest BCUT2D eigenvalue weighted by Crippen LogP contribution is -2.61. The Morgan fingerprint density at radius 2 is 1.93 bits per heavy atom. The van der Waals surface area contributed by atoms with Crippen LogP contribution in [0.5, 0.6) is 0 Å². The molecule has 1 aliphatic heterocycles. The van der Waals surface area contributed by atoms with Crippen LogP contribution in [0.2, 0.25) is 0 Å². The highest BCUT2D eigenvalue weighted by molar-refractivity contribution is 6.02. The van der Waals surface area contributed by atoms with E-state index in [2.05, 4.69) is 23.9 Å². The molecule has 1 aliphatic carbocycles. The molecule has 0 radical (unpaired) electrons. The standard InChI is InChI=1S/C22H30N2O4/c1-15(2)14-24-21(27)17-9-5-4-8-16(17)19(22(24)11-6-7-12-22)20(26)23-13-10-18(25)28-3/h4-5,8-9,15,19H,6-7,10-14H2,1-3H3,(H,23,26)/t19-/m1/s1. The molecule has 0 saturated heterocycles. The van der Waals surface area contributed by atoms with Gasteiger partial charge in [0.25, 0.3) is 5.91 Å². The van der Waals surface area contributed by atoms with E-state index in [9.17, 15) is 14.4 Å². The minimum atomic E-state index is -0.481. The number of methoxy groups -OCH3 is 1. The van der Waals surface area contributed by atoms with Crippen LogP contribution in [0.1, 0.15) is 67.8 Å². The molecule has 1 saturated carbocycles. The smallest absolute Gasteiger partial charge is 0.307 e. The van der Waals surface area contributed by atoms with Crippen LogP contribution in [0.4, 0.5) is 0 Å². The number of nitrogens with zero attached hydrogens (tertiary/aromatic N) is 1. The summed E-state index contributed by atoms with van der Waals surface area (Å²) in [5.41, 5.74) is 0.948. The minimum Gasteiger partial charge on any atom is -0.469 e. The summed E-state index contributed by atoms with van der Waals surface area (Å²) in [6.07, 6.45) is 3.81. The van der Waals surface area contributed by atoms with Gasteiger partial charge in [-0.3, -0.25) is 14.4 Å². The van der Waals surface area contributed by atoms with Gasteiger partial charge in [-0.1, -0.05) is 44.9 Å². The molecule has 2 aliphatic rings. The number of esters is 1. The second-order valence-corrected chi connectivity index (χ2v) is 8.26. The van der Waals surface area contributed by atoms with E-state index in [4.69, 9.17) is 0 Å². The van der Waals surface area contributed by atoms with Crippen molar-refractivity contribution in [3.63, 3.8) is 0 Å². The molecule has 0 bridgehead atoms. The molecule has 152 valence electrons. The molecule has 3 rings (SSSR count). The fourth-order valence-electron chi connectivity index (χ4n) is 4.79. The van der Waals surface area contributed by atoms with Crippen LogP contribution < -0.4 is 5.32 Å². The first-order valence-electron chi connectivity index (χ1n) is 10.2. The zero-order chi connectivity index (χ0) is 20.3. The lowest BCUT2D eigenvalue weighted by Gasteiger charge is -2.50. The van der Waals surface area contributed by atoms with Crippen LogP contribution in [-0.4, -0.2) is 48.4 Å². The third-order valence-electron chi connectivity index (χ3n) is 5.96. The van der Waals surface area contributed by atoms with E-state index < -0.39 is 11.5 Å². The van der Waals surface area contributed by atoms with Gasteiger partial charge in [-0.2, -0.15) is 0 Å². The number of carbonyl (C=O) groups excluding carboxylic acids is 3. The SMILES string of the molecule is COC(=O)CCNC(=O)[C@H]1c2ccccc2C(=O)N(CC(C)C)C12CCCC2. The first kappa shape index (κ1) is 20.4. The summed E-state index contributed by atoms with van der Waals surface area (Å²) < 4.78 is 4.66. The molecule has 1 aromatic carbocycles. The highest BCUT2D eigenvalue weighted by Gasteiger charge is 2.55. The number of hydrogen-bond acceptors (Lipinski definition) is 4. The Balaban J connectivity index is 1.98. The highest BCUT2D eigenvalue weighted by Crippen LogP contribution is 2.50. The van der Waals surface area contributed by atoms with Crippen molar-refractivity contribution in [3.8, 4) is 0 Å². The molecular weight excluding hydrogens is 356 g/mol. The molecule has 1 heterocycles. The second kappa shape index (κ2) is 8.33. The number of nitrogens with one attached hydrogen (secondary N) is 1. The van der Waals surface area contributed by atoms with Gasteiger partial charge in [0.15, 0.2) is 0 Å². The molecule has 6 nitrogen and oxygen atoms in total. The van der Waals surface area contributed by atoms with Crippen LogP contribution >= 0.6 is 0 Å². The summed E-state index contributed by atoms with van der Waals surface area (Å²) in [5, 5.41) is 2.92. The van der Waals surface area contributed by atoms with Crippen molar-refractivity contribution in [2.24, 2.45) is 5.92 Å². The summed E-state index contributed by atoms with van der Waals surface area (Å²) in [5.74, 6) is -0.532. The summed E-state index contributed by atoms with van der Waals surface area (Å²) in [6.45, 7) is 5.07. The zero-order valence-electron chi connectivity index (χ0n) is 17.0. The summed E-state index contributed by atoms with van der Waals surface area (Å²) in [4.78, 5) is 40.1. The first-order valence-corrected chi connectivity index (χ1v) is 10.2. The lowest BCUT2D eigenvalue weighted by atomic mass is 9.70. The van der Waals surface area contributed by atoms with Crippen LogP contribution in [0.25, 0.3) is 0 Å². The number of amides is 2. The van der Waals surface area contributed by atoms with Crippen molar-refractivity contribution in [2.75, 3.05) is 20.2 Å². The van der Waals surface area contributed by atoms with Crippen molar-refractivity contribution >= 4 is 17.8 Å². The van der Waals surface area contributed by atoms with E-state index >= 15 is 0 Å². The van der Waals surface area contributed by atoms with Gasteiger partial charge in [-0.25, -0.2) is 0 Å². The van der Waals surface area contributed by atoms with E-state index in [0.717, 1.165) is 31.2 Å². The van der Waals surface area contributed by atoms with Crippen molar-refractivity contribution in [2.45, 2.75) is 57.4 Å². The number of benzene rings is 1. The molecule has 1 aromatic rings. The Hall–Kier alpha value is -2.37. The topological polar surface area (TPSA) is 75.7 Å². The Morgan fingerprint density at radius 3 is 2.57 bits per heavy atom. The number of hydrogen-bond donors (Lipinski definition) is 1. The van der Waals surface area contributed by atoms with Gasteiger partial charge >= 0.3 is 5.97 Å². The maximum atomic E-state index is 13.4. The van der Waals surface area contributed by atoms with E-state index in [1.165, 1.54) is 7.11 Å². The maximum Gasteiger partial charge on any atom is 0.307 e. The van der Waals surface area contributed by atoms with Crippen LogP contribution in [-0.2, 0) is 14.3 Å². The molecular formula is C22H30N2O4. The van der Waals surface area contributed by atoms with E-state index in [-0.39, 0.29) is 30.7 Å². The van der Waals surface area contributed by atoms with E-state index in [0.29, 0.717) is 18.0 Å². The van der Waals surface area contributed by atoms with Crippen molar-refractivity contribution < 1.29 is 19.1 Å². The Labute approximate surface area is 166 Å². The third-order valence-corrected chi connectivity index (χ3v) is 5.96. The van der Waals surface area contributed by atoms with E-state index in [1.807, 2.05) is 29.2 Å². The fourth-order valence-corrected chi connectivity index (χ4v) is 4.79. The molecule has 28 heavy (non-hydrogen) atoms. The summed E-state index contributed by atoms with van der Waals surface area (Å²) in [7, 11) is 1.34. The average molecular weight is 386 g/mol. The quantitative estimate of drug-likeness (QED) is 0.763. The van der Waals surface area contributed by atoms with Gasteiger partial charge in [0.1, 0.15) is 0 Å². The van der Waals surface area contributed by atoms with Gasteiger partial charge < -0.3 is 15.0 Å². The molecule has 1 atom stereocenters. The molecule has 1 spiro atoms. The van der Waals surface area contributed by atoms with Gasteiger partial charge in [0.2, 0.25) is 5.91 Å². The number of fused-ring (bicyclic) bond motifs is 1. The van der Waals surface area contributed by atoms with Crippen molar-refractivity contribution in [1.29, 1.82) is 0 Å². The largest absolute Gasteiger partial charge is 0.469 e. The summed E-state index contributed by atoms with van der Waals surface area (Å²) >= 11 is 0. The Morgan fingerprint density at radius 1 is 1.25 bits per heavy atom. The Kier molecular flexibility index (Phi) is 6.06. The predicted molar refractivity (Wildman–Crippen MR) is 106 cm³/mol. The number of ether oxygens (including phenoxy) is 1. The summed E-state index contributed by atoms with van der Waals surface area (Å²) in [6, 6.07) is 7.47. The average Bonchev–Trinajstić information content (AvgIpc) is 3.15. The first-order chi connectivity index (χ1) is 13.4. The van der Waals surface area contributed by atoms with Crippen molar-refractivity contribution in [1.82, 2.24) is 10.2 Å². The molecule has 0 aromatic heterocycles. The fraction of sp³-hybridized carbons (Fsp3) is 0.591. The van der Waals surface area contributed by atoms with Crippen LogP contribution in [0, 0.1) is 5.92 Å². The van der Waals surface area contributed by atoms with Crippen molar-refractivity contribution in [3.05, 3.63) is 35.4 Å². The molecule has 0 unspecified atom stereocenters. The lowest BCUT2D eigenvalue weighted by molar-refractivity contribution is -0.140. The normalized spacial score (nSPS) is 20.4. The third kappa shape index (κ3) is 3.64. The Bertz CT molecular complexity index is 753. The molecule has 6 heteroatoms. The number of carbonyl (C=O) groups is 3. The molecule has 1 N–H and O–H groups in total. The van der Waals surface area contributed by atoms with Gasteiger partial charge in [0, 0.05) is 18.7 Å². The zero-order valence-corrected chi connectivity index (χ0v) is 17.0. The highest BCUT2D eigenvalue weighted by atomic mass is 16.5. The van der Waals surface area contributed by atoms with Gasteiger partial charge in [-0.15, -0.1) is 0 Å². The minimum absolute atomic E-state index is 0.0322. The predicted octanol–water partition coefficient (Wildman–Crippen LogP) is 2.87. The van der Waals surface area contributed by atoms with Crippen LogP contribution in [0.15, 0.2) is 24.3 Å². The molecule has 2 amide bonds. The van der Waals surface area contributed by atoms with Gasteiger partial charge in [0.05, 0.1) is 25.0 Å². The van der Waals surface area contributed by atoms with E-state index in [1.54, 1.807) is 0 Å². The monoisotopic (exact) mass is 386 g/mol. The second-order valence-electron chi connectivity index (χ2n) is 8.26. The van der Waals surface area contributed by atoms with Crippen LogP contribution in [0.3, 0.4) is 0 Å². The molecule has 1 fully saturated rings. The van der Waals surface area contributed by atoms with Gasteiger partial charge in [-0.05, 0) is 30.4 Å². The maximum absolute atomic E-state index is 13.4. The number of rotatable bonds is 6.